The second-order valence-corrected chi connectivity index (χ2v) is 4.75. The molecule has 0 aliphatic heterocycles. The van der Waals surface area contributed by atoms with Gasteiger partial charge < -0.3 is 14.9 Å². The Morgan fingerprint density at radius 2 is 1.95 bits per heavy atom. The normalized spacial score (nSPS) is 11.8. The third kappa shape index (κ3) is 3.91. The van der Waals surface area contributed by atoms with Crippen LogP contribution < -0.4 is 4.90 Å². The molecule has 1 atom stereocenters. The van der Waals surface area contributed by atoms with Crippen molar-refractivity contribution in [2.24, 2.45) is 5.92 Å². The van der Waals surface area contributed by atoms with Gasteiger partial charge in [-0.25, -0.2) is 0 Å². The maximum atomic E-state index is 11.7. The molecule has 7 heteroatoms. The second kappa shape index (κ2) is 6.83. The number of carbonyl (C=O) groups is 2. The van der Waals surface area contributed by atoms with Gasteiger partial charge in [0.2, 0.25) is 0 Å². The van der Waals surface area contributed by atoms with E-state index in [1.807, 2.05) is 11.8 Å². The molecule has 0 aromatic carbocycles. The van der Waals surface area contributed by atoms with E-state index < -0.39 is 11.9 Å². The summed E-state index contributed by atoms with van der Waals surface area (Å²) in [5.41, 5.74) is 0.265. The van der Waals surface area contributed by atoms with Crippen LogP contribution in [0, 0.1) is 5.92 Å². The van der Waals surface area contributed by atoms with Gasteiger partial charge in [-0.05, 0) is 19.1 Å². The van der Waals surface area contributed by atoms with Crippen LogP contribution in [0.25, 0.3) is 0 Å². The molecule has 1 aromatic heterocycles. The number of anilines is 1. The van der Waals surface area contributed by atoms with E-state index in [1.165, 1.54) is 4.90 Å². The molecule has 0 spiro atoms. The summed E-state index contributed by atoms with van der Waals surface area (Å²) in [6.07, 6.45) is 0. The van der Waals surface area contributed by atoms with E-state index in [-0.39, 0.29) is 11.6 Å². The summed E-state index contributed by atoms with van der Waals surface area (Å²) in [5, 5.41) is 16.8. The Balaban J connectivity index is 2.85. The van der Waals surface area contributed by atoms with Crippen LogP contribution >= 0.6 is 0 Å². The zero-order chi connectivity index (χ0) is 15.3. The summed E-state index contributed by atoms with van der Waals surface area (Å²) in [6, 6.07) is 3.28. The van der Waals surface area contributed by atoms with Crippen molar-refractivity contribution in [3.8, 4) is 0 Å². The average Bonchev–Trinajstić information content (AvgIpc) is 2.43. The number of carboxylic acid groups (broad SMARTS) is 1. The fourth-order valence-electron chi connectivity index (χ4n) is 1.63. The zero-order valence-electron chi connectivity index (χ0n) is 12.2. The highest BCUT2D eigenvalue weighted by molar-refractivity contribution is 5.91. The number of carbonyl (C=O) groups excluding carboxylic acids is 1. The molecule has 0 bridgehead atoms. The number of aliphatic carboxylic acids is 1. The monoisotopic (exact) mass is 280 g/mol. The molecule has 7 nitrogen and oxygen atoms in total. The van der Waals surface area contributed by atoms with Gasteiger partial charge in [-0.1, -0.05) is 6.92 Å². The van der Waals surface area contributed by atoms with Crippen LogP contribution in [0.3, 0.4) is 0 Å². The lowest BCUT2D eigenvalue weighted by atomic mass is 10.1. The predicted molar refractivity (Wildman–Crippen MR) is 74.7 cm³/mol. The number of aromatic nitrogens is 2. The summed E-state index contributed by atoms with van der Waals surface area (Å²) in [4.78, 5) is 25.8. The highest BCUT2D eigenvalue weighted by atomic mass is 16.4. The Labute approximate surface area is 118 Å². The van der Waals surface area contributed by atoms with Gasteiger partial charge in [0.05, 0.1) is 5.92 Å². The summed E-state index contributed by atoms with van der Waals surface area (Å²) in [7, 11) is 3.29. The van der Waals surface area contributed by atoms with Gasteiger partial charge >= 0.3 is 5.97 Å². The molecular formula is C13H20N4O3. The molecule has 0 aliphatic rings. The molecule has 1 heterocycles. The Hall–Kier alpha value is -2.18. The van der Waals surface area contributed by atoms with Crippen molar-refractivity contribution < 1.29 is 14.7 Å². The Bertz CT molecular complexity index is 473. The van der Waals surface area contributed by atoms with Crippen LogP contribution in [0.4, 0.5) is 5.82 Å². The molecule has 110 valence electrons. The zero-order valence-corrected chi connectivity index (χ0v) is 12.2. The number of nitrogens with zero attached hydrogens (tertiary/aromatic N) is 4. The lowest BCUT2D eigenvalue weighted by molar-refractivity contribution is -0.140. The molecule has 0 aliphatic carbocycles. The molecule has 0 fully saturated rings. The van der Waals surface area contributed by atoms with E-state index in [0.717, 1.165) is 0 Å². The summed E-state index contributed by atoms with van der Waals surface area (Å²) >= 11 is 0. The minimum absolute atomic E-state index is 0.217. The first-order valence-corrected chi connectivity index (χ1v) is 6.40. The van der Waals surface area contributed by atoms with E-state index in [2.05, 4.69) is 10.2 Å². The predicted octanol–water partition coefficient (Wildman–Crippen LogP) is 0.725. The van der Waals surface area contributed by atoms with E-state index in [0.29, 0.717) is 18.9 Å². The largest absolute Gasteiger partial charge is 0.481 e. The number of hydrogen-bond donors (Lipinski definition) is 1. The first-order chi connectivity index (χ1) is 9.36. The van der Waals surface area contributed by atoms with Crippen molar-refractivity contribution in [1.29, 1.82) is 0 Å². The van der Waals surface area contributed by atoms with Gasteiger partial charge in [-0.2, -0.15) is 0 Å². The Morgan fingerprint density at radius 3 is 2.35 bits per heavy atom. The van der Waals surface area contributed by atoms with Crippen LogP contribution in [0.1, 0.15) is 24.3 Å². The van der Waals surface area contributed by atoms with Crippen molar-refractivity contribution in [1.82, 2.24) is 15.1 Å². The highest BCUT2D eigenvalue weighted by Gasteiger charge is 2.17. The average molecular weight is 280 g/mol. The summed E-state index contributed by atoms with van der Waals surface area (Å²) < 4.78 is 0. The quantitative estimate of drug-likeness (QED) is 0.826. The van der Waals surface area contributed by atoms with E-state index in [4.69, 9.17) is 5.11 Å². The van der Waals surface area contributed by atoms with Crippen LogP contribution in [0.15, 0.2) is 12.1 Å². The molecule has 1 aromatic rings. The standard InChI is InChI=1S/C13H20N4O3/c1-5-17(8-9(2)13(19)20)11-7-6-10(14-15-11)12(18)16(3)4/h6-7,9H,5,8H2,1-4H3,(H,19,20). The molecule has 20 heavy (non-hydrogen) atoms. The van der Waals surface area contributed by atoms with E-state index in [1.54, 1.807) is 33.2 Å². The van der Waals surface area contributed by atoms with Crippen molar-refractivity contribution in [3.63, 3.8) is 0 Å². The number of rotatable bonds is 6. The lowest BCUT2D eigenvalue weighted by Gasteiger charge is -2.23. The van der Waals surface area contributed by atoms with Crippen LogP contribution in [-0.2, 0) is 4.79 Å². The smallest absolute Gasteiger partial charge is 0.308 e. The molecule has 1 N–H and O–H groups in total. The van der Waals surface area contributed by atoms with Gasteiger partial charge in [-0.15, -0.1) is 10.2 Å². The first-order valence-electron chi connectivity index (χ1n) is 6.40. The Kier molecular flexibility index (Phi) is 5.42. The van der Waals surface area contributed by atoms with Gasteiger partial charge in [0.15, 0.2) is 11.5 Å². The summed E-state index contributed by atoms with van der Waals surface area (Å²) in [5.74, 6) is -1.00. The van der Waals surface area contributed by atoms with E-state index in [9.17, 15) is 9.59 Å². The van der Waals surface area contributed by atoms with Gasteiger partial charge in [-0.3, -0.25) is 9.59 Å². The highest BCUT2D eigenvalue weighted by Crippen LogP contribution is 2.12. The molecule has 0 radical (unpaired) electrons. The third-order valence-electron chi connectivity index (χ3n) is 2.90. The molecule has 0 saturated carbocycles. The lowest BCUT2D eigenvalue weighted by Crippen LogP contribution is -2.32. The van der Waals surface area contributed by atoms with Crippen LogP contribution in [0.5, 0.6) is 0 Å². The Morgan fingerprint density at radius 1 is 1.30 bits per heavy atom. The van der Waals surface area contributed by atoms with Crippen molar-refractivity contribution in [3.05, 3.63) is 17.8 Å². The second-order valence-electron chi connectivity index (χ2n) is 4.75. The molecule has 1 rings (SSSR count). The van der Waals surface area contributed by atoms with Crippen LogP contribution in [0.2, 0.25) is 0 Å². The maximum Gasteiger partial charge on any atom is 0.308 e. The van der Waals surface area contributed by atoms with Gasteiger partial charge in [0.25, 0.3) is 5.91 Å². The van der Waals surface area contributed by atoms with Crippen molar-refractivity contribution >= 4 is 17.7 Å². The minimum Gasteiger partial charge on any atom is -0.481 e. The molecular weight excluding hydrogens is 260 g/mol. The molecule has 1 amide bonds. The van der Waals surface area contributed by atoms with Crippen molar-refractivity contribution in [2.45, 2.75) is 13.8 Å². The maximum absolute atomic E-state index is 11.7. The van der Waals surface area contributed by atoms with Gasteiger partial charge in [0, 0.05) is 27.2 Å². The SMILES string of the molecule is CCN(CC(C)C(=O)O)c1ccc(C(=O)N(C)C)nn1. The third-order valence-corrected chi connectivity index (χ3v) is 2.90. The van der Waals surface area contributed by atoms with Gasteiger partial charge in [0.1, 0.15) is 0 Å². The summed E-state index contributed by atoms with van der Waals surface area (Å²) in [6.45, 7) is 4.52. The van der Waals surface area contributed by atoms with Crippen LogP contribution in [-0.4, -0.2) is 59.3 Å². The molecule has 0 saturated heterocycles. The number of carboxylic acids is 1. The fourth-order valence-corrected chi connectivity index (χ4v) is 1.63. The molecule has 1 unspecified atom stereocenters. The number of hydrogen-bond acceptors (Lipinski definition) is 5. The number of amides is 1. The fraction of sp³-hybridized carbons (Fsp3) is 0.538. The topological polar surface area (TPSA) is 86.6 Å². The van der Waals surface area contributed by atoms with Crippen molar-refractivity contribution in [2.75, 3.05) is 32.1 Å². The first kappa shape index (κ1) is 15.9. The van der Waals surface area contributed by atoms with E-state index >= 15 is 0 Å². The minimum atomic E-state index is -0.851.